The van der Waals surface area contributed by atoms with Crippen molar-refractivity contribution in [3.8, 4) is 0 Å². The summed E-state index contributed by atoms with van der Waals surface area (Å²) in [6.07, 6.45) is 2.36. The van der Waals surface area contributed by atoms with Crippen LogP contribution < -0.4 is 15.5 Å². The Kier molecular flexibility index (Phi) is 7.65. The van der Waals surface area contributed by atoms with Gasteiger partial charge < -0.3 is 20.4 Å². The summed E-state index contributed by atoms with van der Waals surface area (Å²) in [4.78, 5) is 31.7. The largest absolute Gasteiger partial charge is 0.356 e. The number of hydrogen-bond donors (Lipinski definition) is 2. The first-order chi connectivity index (χ1) is 15.0. The number of nitrogens with one attached hydrogen (secondary N) is 2. The van der Waals surface area contributed by atoms with Gasteiger partial charge in [-0.2, -0.15) is 0 Å². The Morgan fingerprint density at radius 3 is 2.52 bits per heavy atom. The van der Waals surface area contributed by atoms with Crippen LogP contribution in [0, 0.1) is 0 Å². The highest BCUT2D eigenvalue weighted by Crippen LogP contribution is 2.21. The number of benzene rings is 2. The van der Waals surface area contributed by atoms with Gasteiger partial charge in [0.15, 0.2) is 5.96 Å². The van der Waals surface area contributed by atoms with E-state index in [4.69, 9.17) is 0 Å². The average Bonchev–Trinajstić information content (AvgIpc) is 3.22. The minimum Gasteiger partial charge on any atom is -0.356 e. The Labute approximate surface area is 184 Å². The molecule has 0 radical (unpaired) electrons. The van der Waals surface area contributed by atoms with E-state index >= 15 is 0 Å². The van der Waals surface area contributed by atoms with Crippen molar-refractivity contribution in [3.05, 3.63) is 65.2 Å². The van der Waals surface area contributed by atoms with E-state index in [1.54, 1.807) is 26.0 Å². The average molecular weight is 422 g/mol. The van der Waals surface area contributed by atoms with Crippen LogP contribution in [0.2, 0.25) is 0 Å². The van der Waals surface area contributed by atoms with Crippen LogP contribution in [0.1, 0.15) is 34.3 Å². The van der Waals surface area contributed by atoms with Crippen molar-refractivity contribution in [2.75, 3.05) is 39.1 Å². The summed E-state index contributed by atoms with van der Waals surface area (Å²) in [7, 11) is 5.26. The predicted octanol–water partition coefficient (Wildman–Crippen LogP) is 2.42. The molecule has 0 atom stereocenters. The topological polar surface area (TPSA) is 77.0 Å². The number of hydrogen-bond acceptors (Lipinski definition) is 3. The summed E-state index contributed by atoms with van der Waals surface area (Å²) >= 11 is 0. The number of nitrogens with zero attached hydrogens (tertiary/aromatic N) is 3. The molecule has 0 unspecified atom stereocenters. The minimum absolute atomic E-state index is 0.00685. The van der Waals surface area contributed by atoms with E-state index in [9.17, 15) is 9.59 Å². The molecule has 0 bridgehead atoms. The Hall–Kier alpha value is -3.35. The van der Waals surface area contributed by atoms with E-state index in [-0.39, 0.29) is 11.8 Å². The van der Waals surface area contributed by atoms with E-state index in [1.807, 2.05) is 53.4 Å². The van der Waals surface area contributed by atoms with Crippen LogP contribution in [0.15, 0.2) is 53.5 Å². The summed E-state index contributed by atoms with van der Waals surface area (Å²) in [6.45, 7) is 2.15. The van der Waals surface area contributed by atoms with Crippen molar-refractivity contribution in [1.29, 1.82) is 0 Å². The van der Waals surface area contributed by atoms with Crippen LogP contribution in [0.5, 0.6) is 0 Å². The smallest absolute Gasteiger partial charge is 0.253 e. The number of amides is 2. The fourth-order valence-electron chi connectivity index (χ4n) is 3.56. The lowest BCUT2D eigenvalue weighted by molar-refractivity contribution is -0.117. The van der Waals surface area contributed by atoms with Gasteiger partial charge in [0, 0.05) is 58.4 Å². The first-order valence-corrected chi connectivity index (χ1v) is 10.6. The second-order valence-corrected chi connectivity index (χ2v) is 7.82. The molecule has 164 valence electrons. The van der Waals surface area contributed by atoms with Gasteiger partial charge in [0.2, 0.25) is 5.91 Å². The standard InChI is InChI=1S/C24H31N5O2/c1-25-24(26-14-13-18-6-4-7-20(16-18)23(31)28(2)3)27-17-19-9-11-21(12-10-19)29-15-5-8-22(29)30/h4,6-7,9-12,16H,5,8,13-15,17H2,1-3H3,(H2,25,26,27). The molecule has 1 heterocycles. The Balaban J connectivity index is 1.46. The zero-order chi connectivity index (χ0) is 22.2. The summed E-state index contributed by atoms with van der Waals surface area (Å²) in [5, 5.41) is 6.62. The molecule has 2 aromatic rings. The molecule has 2 amide bonds. The van der Waals surface area contributed by atoms with Gasteiger partial charge in [0.05, 0.1) is 0 Å². The van der Waals surface area contributed by atoms with Gasteiger partial charge in [0.25, 0.3) is 5.91 Å². The molecule has 7 heteroatoms. The highest BCUT2D eigenvalue weighted by molar-refractivity contribution is 5.95. The number of carbonyl (C=O) groups is 2. The quantitative estimate of drug-likeness (QED) is 0.532. The third-order valence-electron chi connectivity index (χ3n) is 5.29. The second-order valence-electron chi connectivity index (χ2n) is 7.82. The summed E-state index contributed by atoms with van der Waals surface area (Å²) in [5.41, 5.74) is 3.88. The lowest BCUT2D eigenvalue weighted by Gasteiger charge is -2.16. The Morgan fingerprint density at radius 2 is 1.87 bits per heavy atom. The zero-order valence-corrected chi connectivity index (χ0v) is 18.5. The molecule has 2 aromatic carbocycles. The molecular formula is C24H31N5O2. The van der Waals surface area contributed by atoms with Gasteiger partial charge >= 0.3 is 0 Å². The number of anilines is 1. The number of aliphatic imine (C=N–C) groups is 1. The van der Waals surface area contributed by atoms with Gasteiger partial charge in [-0.15, -0.1) is 0 Å². The summed E-state index contributed by atoms with van der Waals surface area (Å²) in [6, 6.07) is 15.8. The maximum Gasteiger partial charge on any atom is 0.253 e. The molecular weight excluding hydrogens is 390 g/mol. The van der Waals surface area contributed by atoms with Gasteiger partial charge in [-0.3, -0.25) is 14.6 Å². The molecule has 31 heavy (non-hydrogen) atoms. The van der Waals surface area contributed by atoms with Crippen molar-refractivity contribution in [2.45, 2.75) is 25.8 Å². The van der Waals surface area contributed by atoms with E-state index in [2.05, 4.69) is 15.6 Å². The molecule has 3 rings (SSSR count). The van der Waals surface area contributed by atoms with Crippen molar-refractivity contribution < 1.29 is 9.59 Å². The van der Waals surface area contributed by atoms with E-state index in [0.717, 1.165) is 42.2 Å². The molecule has 0 saturated carbocycles. The molecule has 1 saturated heterocycles. The van der Waals surface area contributed by atoms with Gasteiger partial charge in [-0.1, -0.05) is 24.3 Å². The second kappa shape index (κ2) is 10.6. The van der Waals surface area contributed by atoms with Crippen molar-refractivity contribution in [2.24, 2.45) is 4.99 Å². The normalized spacial score (nSPS) is 14.0. The number of carbonyl (C=O) groups excluding carboxylic acids is 2. The van der Waals surface area contributed by atoms with Crippen LogP contribution >= 0.6 is 0 Å². The molecule has 0 aromatic heterocycles. The van der Waals surface area contributed by atoms with Gasteiger partial charge in [-0.05, 0) is 48.2 Å². The summed E-state index contributed by atoms with van der Waals surface area (Å²) in [5.74, 6) is 0.929. The van der Waals surface area contributed by atoms with Crippen LogP contribution in [-0.2, 0) is 17.8 Å². The maximum absolute atomic E-state index is 12.1. The van der Waals surface area contributed by atoms with Crippen LogP contribution in [0.25, 0.3) is 0 Å². The highest BCUT2D eigenvalue weighted by Gasteiger charge is 2.21. The third-order valence-corrected chi connectivity index (χ3v) is 5.29. The Bertz CT molecular complexity index is 937. The van der Waals surface area contributed by atoms with E-state index in [0.29, 0.717) is 25.1 Å². The van der Waals surface area contributed by atoms with Crippen molar-refractivity contribution >= 4 is 23.5 Å². The Morgan fingerprint density at radius 1 is 1.10 bits per heavy atom. The first kappa shape index (κ1) is 22.3. The first-order valence-electron chi connectivity index (χ1n) is 10.6. The number of guanidine groups is 1. The van der Waals surface area contributed by atoms with Gasteiger partial charge in [-0.25, -0.2) is 0 Å². The molecule has 1 aliphatic heterocycles. The third kappa shape index (κ3) is 6.07. The van der Waals surface area contributed by atoms with Gasteiger partial charge in [0.1, 0.15) is 0 Å². The monoisotopic (exact) mass is 421 g/mol. The van der Waals surface area contributed by atoms with Crippen LogP contribution in [0.4, 0.5) is 5.69 Å². The number of rotatable bonds is 7. The lowest BCUT2D eigenvalue weighted by atomic mass is 10.1. The van der Waals surface area contributed by atoms with E-state index in [1.165, 1.54) is 0 Å². The van der Waals surface area contributed by atoms with E-state index < -0.39 is 0 Å². The summed E-state index contributed by atoms with van der Waals surface area (Å²) < 4.78 is 0. The fraction of sp³-hybridized carbons (Fsp3) is 0.375. The van der Waals surface area contributed by atoms with Crippen molar-refractivity contribution in [3.63, 3.8) is 0 Å². The fourth-order valence-corrected chi connectivity index (χ4v) is 3.56. The van der Waals surface area contributed by atoms with Crippen LogP contribution in [0.3, 0.4) is 0 Å². The van der Waals surface area contributed by atoms with Crippen LogP contribution in [-0.4, -0.2) is 56.9 Å². The zero-order valence-electron chi connectivity index (χ0n) is 18.5. The molecule has 1 fully saturated rings. The SMILES string of the molecule is CN=C(NCCc1cccc(C(=O)N(C)C)c1)NCc1ccc(N2CCCC2=O)cc1. The molecule has 7 nitrogen and oxygen atoms in total. The molecule has 2 N–H and O–H groups in total. The lowest BCUT2D eigenvalue weighted by Crippen LogP contribution is -2.37. The highest BCUT2D eigenvalue weighted by atomic mass is 16.2. The maximum atomic E-state index is 12.1. The molecule has 1 aliphatic rings. The molecule has 0 spiro atoms. The van der Waals surface area contributed by atoms with Crippen molar-refractivity contribution in [1.82, 2.24) is 15.5 Å². The minimum atomic E-state index is 0.00685. The molecule has 0 aliphatic carbocycles. The predicted molar refractivity (Wildman–Crippen MR) is 124 cm³/mol.